The summed E-state index contributed by atoms with van der Waals surface area (Å²) in [7, 11) is 0. The maximum atomic E-state index is 12.1. The Bertz CT molecular complexity index is 455. The standard InChI is InChI=1S/C15H23BrN2O2.ClH/c1-5-17-11(4)9-18-15(19)12-6-13(16)8-14(7-12)20-10(2)3;/h6-8,10-11,17H,5,9H2,1-4H3,(H,18,19);1H/t11-;/m1./s1. The van der Waals surface area contributed by atoms with Gasteiger partial charge in [-0.3, -0.25) is 4.79 Å². The Morgan fingerprint density at radius 2 is 1.95 bits per heavy atom. The van der Waals surface area contributed by atoms with E-state index >= 15 is 0 Å². The lowest BCUT2D eigenvalue weighted by atomic mass is 10.2. The molecule has 0 unspecified atom stereocenters. The van der Waals surface area contributed by atoms with Crippen LogP contribution in [0.5, 0.6) is 5.75 Å². The van der Waals surface area contributed by atoms with Gasteiger partial charge >= 0.3 is 0 Å². The first-order valence-corrected chi connectivity index (χ1v) is 7.70. The Labute approximate surface area is 141 Å². The van der Waals surface area contributed by atoms with Crippen molar-refractivity contribution in [3.8, 4) is 5.75 Å². The second-order valence-electron chi connectivity index (χ2n) is 5.01. The molecular weight excluding hydrogens is 356 g/mol. The molecule has 120 valence electrons. The topological polar surface area (TPSA) is 50.4 Å². The number of ether oxygens (including phenoxy) is 1. The van der Waals surface area contributed by atoms with Crippen molar-refractivity contribution in [2.24, 2.45) is 0 Å². The lowest BCUT2D eigenvalue weighted by Crippen LogP contribution is -2.38. The fraction of sp³-hybridized carbons (Fsp3) is 0.533. The van der Waals surface area contributed by atoms with Crippen LogP contribution in [0.2, 0.25) is 0 Å². The highest BCUT2D eigenvalue weighted by atomic mass is 79.9. The van der Waals surface area contributed by atoms with Crippen molar-refractivity contribution in [2.75, 3.05) is 13.1 Å². The van der Waals surface area contributed by atoms with Crippen LogP contribution in [0, 0.1) is 0 Å². The van der Waals surface area contributed by atoms with Gasteiger partial charge in [-0.1, -0.05) is 22.9 Å². The number of carbonyl (C=O) groups excluding carboxylic acids is 1. The summed E-state index contributed by atoms with van der Waals surface area (Å²) in [4.78, 5) is 12.1. The Morgan fingerprint density at radius 3 is 2.52 bits per heavy atom. The second-order valence-corrected chi connectivity index (χ2v) is 5.93. The van der Waals surface area contributed by atoms with Gasteiger partial charge in [0.1, 0.15) is 5.75 Å². The van der Waals surface area contributed by atoms with Crippen LogP contribution in [-0.4, -0.2) is 31.1 Å². The zero-order chi connectivity index (χ0) is 15.1. The molecule has 0 aliphatic carbocycles. The summed E-state index contributed by atoms with van der Waals surface area (Å²) in [5.74, 6) is 0.601. The third-order valence-electron chi connectivity index (χ3n) is 2.63. The summed E-state index contributed by atoms with van der Waals surface area (Å²) in [6.45, 7) is 9.48. The van der Waals surface area contributed by atoms with Crippen molar-refractivity contribution in [1.29, 1.82) is 0 Å². The van der Waals surface area contributed by atoms with Gasteiger partial charge in [-0.2, -0.15) is 0 Å². The van der Waals surface area contributed by atoms with Gasteiger partial charge in [0.25, 0.3) is 5.91 Å². The van der Waals surface area contributed by atoms with E-state index in [9.17, 15) is 4.79 Å². The third-order valence-corrected chi connectivity index (χ3v) is 3.08. The van der Waals surface area contributed by atoms with E-state index in [0.29, 0.717) is 17.9 Å². The van der Waals surface area contributed by atoms with Crippen molar-refractivity contribution in [1.82, 2.24) is 10.6 Å². The molecule has 1 rings (SSSR count). The molecule has 0 aromatic heterocycles. The van der Waals surface area contributed by atoms with Gasteiger partial charge in [0.05, 0.1) is 6.10 Å². The predicted molar refractivity (Wildman–Crippen MR) is 92.6 cm³/mol. The molecule has 1 amide bonds. The Balaban J connectivity index is 0.00000400. The van der Waals surface area contributed by atoms with Crippen LogP contribution in [0.4, 0.5) is 0 Å². The largest absolute Gasteiger partial charge is 0.491 e. The summed E-state index contributed by atoms with van der Waals surface area (Å²) in [5.41, 5.74) is 0.596. The third kappa shape index (κ3) is 7.69. The average Bonchev–Trinajstić information content (AvgIpc) is 2.34. The molecule has 1 aromatic rings. The van der Waals surface area contributed by atoms with Gasteiger partial charge < -0.3 is 15.4 Å². The highest BCUT2D eigenvalue weighted by Gasteiger charge is 2.10. The summed E-state index contributed by atoms with van der Waals surface area (Å²) < 4.78 is 6.46. The SMILES string of the molecule is CCN[C@H](C)CNC(=O)c1cc(Br)cc(OC(C)C)c1.Cl. The molecule has 21 heavy (non-hydrogen) atoms. The van der Waals surface area contributed by atoms with Gasteiger partial charge in [0.2, 0.25) is 0 Å². The first kappa shape index (κ1) is 20.2. The molecule has 0 saturated carbocycles. The summed E-state index contributed by atoms with van der Waals surface area (Å²) in [6.07, 6.45) is 0.0778. The minimum absolute atomic E-state index is 0. The first-order valence-electron chi connectivity index (χ1n) is 6.91. The predicted octanol–water partition coefficient (Wildman–Crippen LogP) is 3.39. The maximum absolute atomic E-state index is 12.1. The second kappa shape index (κ2) is 10.0. The lowest BCUT2D eigenvalue weighted by Gasteiger charge is -2.14. The van der Waals surface area contributed by atoms with Gasteiger partial charge in [-0.15, -0.1) is 12.4 Å². The Hall–Kier alpha value is -0.780. The van der Waals surface area contributed by atoms with E-state index in [2.05, 4.69) is 26.6 Å². The quantitative estimate of drug-likeness (QED) is 0.763. The molecule has 0 radical (unpaired) electrons. The minimum atomic E-state index is -0.0929. The Kier molecular flexibility index (Phi) is 9.66. The molecule has 0 bridgehead atoms. The normalized spacial score (nSPS) is 11.7. The Morgan fingerprint density at radius 1 is 1.29 bits per heavy atom. The van der Waals surface area contributed by atoms with Crippen molar-refractivity contribution >= 4 is 34.2 Å². The van der Waals surface area contributed by atoms with E-state index in [1.165, 1.54) is 0 Å². The zero-order valence-electron chi connectivity index (χ0n) is 12.9. The number of benzene rings is 1. The average molecular weight is 380 g/mol. The van der Waals surface area contributed by atoms with Crippen molar-refractivity contribution < 1.29 is 9.53 Å². The minimum Gasteiger partial charge on any atom is -0.491 e. The molecule has 0 fully saturated rings. The summed E-state index contributed by atoms with van der Waals surface area (Å²) in [5, 5.41) is 6.17. The monoisotopic (exact) mass is 378 g/mol. The van der Waals surface area contributed by atoms with Crippen LogP contribution in [-0.2, 0) is 0 Å². The van der Waals surface area contributed by atoms with Crippen LogP contribution in [0.1, 0.15) is 38.1 Å². The molecular formula is C15H24BrClN2O2. The first-order chi connectivity index (χ1) is 9.42. The number of halogens is 2. The molecule has 0 saturated heterocycles. The van der Waals surface area contributed by atoms with Crippen molar-refractivity contribution in [2.45, 2.75) is 39.8 Å². The van der Waals surface area contributed by atoms with Crippen LogP contribution >= 0.6 is 28.3 Å². The van der Waals surface area contributed by atoms with E-state index in [0.717, 1.165) is 11.0 Å². The van der Waals surface area contributed by atoms with Gasteiger partial charge in [-0.25, -0.2) is 0 Å². The van der Waals surface area contributed by atoms with Gasteiger partial charge in [0.15, 0.2) is 0 Å². The number of rotatable bonds is 7. The number of hydrogen-bond acceptors (Lipinski definition) is 3. The van der Waals surface area contributed by atoms with Gasteiger partial charge in [-0.05, 0) is 45.5 Å². The van der Waals surface area contributed by atoms with Crippen molar-refractivity contribution in [3.63, 3.8) is 0 Å². The molecule has 0 aliphatic rings. The number of nitrogens with one attached hydrogen (secondary N) is 2. The number of hydrogen-bond donors (Lipinski definition) is 2. The molecule has 0 spiro atoms. The fourth-order valence-corrected chi connectivity index (χ4v) is 2.27. The zero-order valence-corrected chi connectivity index (χ0v) is 15.3. The van der Waals surface area contributed by atoms with Crippen molar-refractivity contribution in [3.05, 3.63) is 28.2 Å². The van der Waals surface area contributed by atoms with Crippen LogP contribution in [0.25, 0.3) is 0 Å². The molecule has 0 heterocycles. The summed E-state index contributed by atoms with van der Waals surface area (Å²) in [6, 6.07) is 5.67. The molecule has 0 aliphatic heterocycles. The molecule has 1 aromatic carbocycles. The fourth-order valence-electron chi connectivity index (χ4n) is 1.80. The number of likely N-dealkylation sites (N-methyl/N-ethyl adjacent to an activating group) is 1. The van der Waals surface area contributed by atoms with Crippen LogP contribution < -0.4 is 15.4 Å². The van der Waals surface area contributed by atoms with E-state index < -0.39 is 0 Å². The highest BCUT2D eigenvalue weighted by molar-refractivity contribution is 9.10. The van der Waals surface area contributed by atoms with Crippen LogP contribution in [0.3, 0.4) is 0 Å². The maximum Gasteiger partial charge on any atom is 0.251 e. The van der Waals surface area contributed by atoms with E-state index in [1.54, 1.807) is 12.1 Å². The smallest absolute Gasteiger partial charge is 0.251 e. The number of carbonyl (C=O) groups is 1. The molecule has 4 nitrogen and oxygen atoms in total. The summed E-state index contributed by atoms with van der Waals surface area (Å²) >= 11 is 3.40. The number of amides is 1. The van der Waals surface area contributed by atoms with Gasteiger partial charge in [0, 0.05) is 22.6 Å². The molecule has 6 heteroatoms. The molecule has 2 N–H and O–H groups in total. The van der Waals surface area contributed by atoms with E-state index in [-0.39, 0.29) is 30.5 Å². The van der Waals surface area contributed by atoms with Crippen LogP contribution in [0.15, 0.2) is 22.7 Å². The van der Waals surface area contributed by atoms with E-state index in [4.69, 9.17) is 4.74 Å². The molecule has 1 atom stereocenters. The van der Waals surface area contributed by atoms with E-state index in [1.807, 2.05) is 33.8 Å². The lowest BCUT2D eigenvalue weighted by molar-refractivity contribution is 0.0949. The highest BCUT2D eigenvalue weighted by Crippen LogP contribution is 2.22.